The molecular formula is C12H9ClN2O. The van der Waals surface area contributed by atoms with Crippen LogP contribution in [0.25, 0.3) is 0 Å². The third kappa shape index (κ3) is 2.58. The average molecular weight is 233 g/mol. The first-order valence-electron chi connectivity index (χ1n) is 4.73. The van der Waals surface area contributed by atoms with Crippen molar-refractivity contribution in [1.29, 1.82) is 0 Å². The summed E-state index contributed by atoms with van der Waals surface area (Å²) in [4.78, 5) is 4.09. The monoisotopic (exact) mass is 232 g/mol. The predicted molar refractivity (Wildman–Crippen MR) is 64.1 cm³/mol. The van der Waals surface area contributed by atoms with Crippen LogP contribution in [0.1, 0.15) is 5.56 Å². The van der Waals surface area contributed by atoms with Crippen molar-refractivity contribution in [3.63, 3.8) is 0 Å². The molecule has 2 aromatic rings. The molecule has 0 aliphatic rings. The minimum atomic E-state index is 0.359. The Hall–Kier alpha value is -1.87. The van der Waals surface area contributed by atoms with Crippen LogP contribution in [-0.4, -0.2) is 6.21 Å². The van der Waals surface area contributed by atoms with Crippen molar-refractivity contribution in [3.05, 3.63) is 64.5 Å². The molecule has 0 N–H and O–H groups in total. The summed E-state index contributed by atoms with van der Waals surface area (Å²) in [7, 11) is 0. The summed E-state index contributed by atoms with van der Waals surface area (Å²) in [5, 5.41) is 12.0. The molecule has 0 fully saturated rings. The number of pyridine rings is 1. The van der Waals surface area contributed by atoms with Gasteiger partial charge in [-0.25, -0.2) is 4.73 Å². The fraction of sp³-hybridized carbons (Fsp3) is 0. The summed E-state index contributed by atoms with van der Waals surface area (Å²) in [6, 6.07) is 12.3. The highest BCUT2D eigenvalue weighted by molar-refractivity contribution is 6.30. The Balaban J connectivity index is 2.21. The highest BCUT2D eigenvalue weighted by Gasteiger charge is 1.99. The zero-order valence-electron chi connectivity index (χ0n) is 8.38. The number of nitrogens with zero attached hydrogens (tertiary/aromatic N) is 2. The number of hydrogen-bond donors (Lipinski definition) is 0. The van der Waals surface area contributed by atoms with Crippen molar-refractivity contribution in [2.45, 2.75) is 0 Å². The molecule has 0 atom stereocenters. The molecule has 0 radical (unpaired) electrons. The lowest BCUT2D eigenvalue weighted by atomic mass is 10.2. The molecule has 0 amide bonds. The van der Waals surface area contributed by atoms with Crippen LogP contribution in [0.2, 0.25) is 5.02 Å². The molecule has 4 heteroatoms. The highest BCUT2D eigenvalue weighted by atomic mass is 35.5. The maximum atomic E-state index is 11.3. The molecule has 3 nitrogen and oxygen atoms in total. The molecule has 0 aliphatic heterocycles. The predicted octanol–water partition coefficient (Wildman–Crippen LogP) is 2.72. The smallest absolute Gasteiger partial charge is 0.325 e. The summed E-state index contributed by atoms with van der Waals surface area (Å²) in [6.45, 7) is 0. The van der Waals surface area contributed by atoms with Crippen molar-refractivity contribution in [3.8, 4) is 0 Å². The molecule has 16 heavy (non-hydrogen) atoms. The van der Waals surface area contributed by atoms with E-state index in [2.05, 4.69) is 4.99 Å². The van der Waals surface area contributed by atoms with E-state index in [9.17, 15) is 5.21 Å². The van der Waals surface area contributed by atoms with Crippen molar-refractivity contribution < 1.29 is 4.73 Å². The number of aromatic nitrogens is 1. The van der Waals surface area contributed by atoms with Crippen LogP contribution >= 0.6 is 11.6 Å². The molecule has 0 saturated carbocycles. The highest BCUT2D eigenvalue weighted by Crippen LogP contribution is 2.09. The van der Waals surface area contributed by atoms with Gasteiger partial charge in [-0.3, -0.25) is 0 Å². The number of benzene rings is 1. The number of aliphatic imine (C=N–C) groups is 1. The Bertz CT molecular complexity index is 509. The third-order valence-corrected chi connectivity index (χ3v) is 2.27. The van der Waals surface area contributed by atoms with Crippen molar-refractivity contribution in [2.24, 2.45) is 4.99 Å². The summed E-state index contributed by atoms with van der Waals surface area (Å²) in [6.07, 6.45) is 3.04. The van der Waals surface area contributed by atoms with Crippen molar-refractivity contribution in [1.82, 2.24) is 0 Å². The lowest BCUT2D eigenvalue weighted by Gasteiger charge is -2.00. The number of rotatable bonds is 2. The van der Waals surface area contributed by atoms with Gasteiger partial charge in [0.2, 0.25) is 0 Å². The summed E-state index contributed by atoms with van der Waals surface area (Å²) in [5.74, 6) is 0.359. The van der Waals surface area contributed by atoms with Crippen LogP contribution in [0.4, 0.5) is 5.82 Å². The van der Waals surface area contributed by atoms with Gasteiger partial charge in [0.05, 0.1) is 6.20 Å². The van der Waals surface area contributed by atoms with E-state index in [0.29, 0.717) is 15.6 Å². The molecule has 2 rings (SSSR count). The topological polar surface area (TPSA) is 39.3 Å². The Morgan fingerprint density at radius 1 is 1.12 bits per heavy atom. The molecular weight excluding hydrogens is 224 g/mol. The van der Waals surface area contributed by atoms with Gasteiger partial charge in [-0.15, -0.1) is 0 Å². The Morgan fingerprint density at radius 2 is 1.88 bits per heavy atom. The van der Waals surface area contributed by atoms with Crippen LogP contribution in [0.5, 0.6) is 0 Å². The SMILES string of the molecule is [O-][n+]1ccccc1N=Cc1ccc(Cl)cc1. The molecule has 0 spiro atoms. The molecule has 0 unspecified atom stereocenters. The fourth-order valence-corrected chi connectivity index (χ4v) is 1.33. The van der Waals surface area contributed by atoms with Crippen molar-refractivity contribution >= 4 is 23.6 Å². The Morgan fingerprint density at radius 3 is 2.56 bits per heavy atom. The molecule has 1 aromatic carbocycles. The van der Waals surface area contributed by atoms with E-state index < -0.39 is 0 Å². The first kappa shape index (κ1) is 10.6. The summed E-state index contributed by atoms with van der Waals surface area (Å²) < 4.78 is 0.715. The van der Waals surface area contributed by atoms with E-state index in [1.165, 1.54) is 6.20 Å². The maximum Gasteiger partial charge on any atom is 0.325 e. The van der Waals surface area contributed by atoms with Gasteiger partial charge in [0.25, 0.3) is 0 Å². The van der Waals surface area contributed by atoms with Crippen LogP contribution in [-0.2, 0) is 0 Å². The van der Waals surface area contributed by atoms with E-state index in [1.54, 1.807) is 36.5 Å². The summed E-state index contributed by atoms with van der Waals surface area (Å²) >= 11 is 5.76. The minimum absolute atomic E-state index is 0.359. The molecule has 1 aromatic heterocycles. The minimum Gasteiger partial charge on any atom is -0.710 e. The van der Waals surface area contributed by atoms with Gasteiger partial charge in [-0.2, -0.15) is 0 Å². The van der Waals surface area contributed by atoms with Crippen LogP contribution in [0, 0.1) is 5.21 Å². The third-order valence-electron chi connectivity index (χ3n) is 2.02. The second-order valence-electron chi connectivity index (χ2n) is 3.19. The second-order valence-corrected chi connectivity index (χ2v) is 3.63. The molecule has 0 saturated heterocycles. The van der Waals surface area contributed by atoms with Gasteiger partial charge in [0, 0.05) is 16.7 Å². The van der Waals surface area contributed by atoms with Gasteiger partial charge in [0.15, 0.2) is 0 Å². The lowest BCUT2D eigenvalue weighted by Crippen LogP contribution is -2.24. The quantitative estimate of drug-likeness (QED) is 0.446. The lowest BCUT2D eigenvalue weighted by molar-refractivity contribution is -0.591. The maximum absolute atomic E-state index is 11.3. The Labute approximate surface area is 98.2 Å². The number of halogens is 1. The van der Waals surface area contributed by atoms with E-state index in [4.69, 9.17) is 11.6 Å². The van der Waals surface area contributed by atoms with E-state index in [1.807, 2.05) is 12.1 Å². The van der Waals surface area contributed by atoms with Crippen LogP contribution < -0.4 is 4.73 Å². The van der Waals surface area contributed by atoms with Gasteiger partial charge >= 0.3 is 5.82 Å². The Kier molecular flexibility index (Phi) is 3.17. The van der Waals surface area contributed by atoms with Crippen LogP contribution in [0.15, 0.2) is 53.7 Å². The fourth-order valence-electron chi connectivity index (χ4n) is 1.21. The van der Waals surface area contributed by atoms with Gasteiger partial charge in [-0.1, -0.05) is 17.7 Å². The zero-order chi connectivity index (χ0) is 11.4. The van der Waals surface area contributed by atoms with Crippen LogP contribution in [0.3, 0.4) is 0 Å². The largest absolute Gasteiger partial charge is 0.710 e. The zero-order valence-corrected chi connectivity index (χ0v) is 9.13. The van der Waals surface area contributed by atoms with Gasteiger partial charge < -0.3 is 5.21 Å². The molecule has 1 heterocycles. The molecule has 0 aliphatic carbocycles. The van der Waals surface area contributed by atoms with E-state index >= 15 is 0 Å². The molecule has 80 valence electrons. The normalized spacial score (nSPS) is 10.8. The standard InChI is InChI=1S/C12H9ClN2O/c13-11-6-4-10(5-7-11)9-14-12-3-1-2-8-15(12)16/h1-9H. The van der Waals surface area contributed by atoms with E-state index in [0.717, 1.165) is 5.56 Å². The first-order chi connectivity index (χ1) is 7.75. The number of hydrogen-bond acceptors (Lipinski definition) is 2. The molecule has 0 bridgehead atoms. The average Bonchev–Trinajstić information content (AvgIpc) is 2.30. The van der Waals surface area contributed by atoms with Gasteiger partial charge in [-0.05, 0) is 35.3 Å². The van der Waals surface area contributed by atoms with Crippen molar-refractivity contribution in [2.75, 3.05) is 0 Å². The van der Waals surface area contributed by atoms with Gasteiger partial charge in [0.1, 0.15) is 6.21 Å². The van der Waals surface area contributed by atoms with E-state index in [-0.39, 0.29) is 0 Å². The first-order valence-corrected chi connectivity index (χ1v) is 5.11. The summed E-state index contributed by atoms with van der Waals surface area (Å²) in [5.41, 5.74) is 0.897. The second kappa shape index (κ2) is 4.77.